The molecular weight excluding hydrogens is 234 g/mol. The van der Waals surface area contributed by atoms with Gasteiger partial charge in [0.05, 0.1) is 12.6 Å². The smallest absolute Gasteiger partial charge is 0.128 e. The lowest BCUT2D eigenvalue weighted by molar-refractivity contribution is 0.244. The van der Waals surface area contributed by atoms with Gasteiger partial charge in [0.1, 0.15) is 10.8 Å². The summed E-state index contributed by atoms with van der Waals surface area (Å²) in [6.45, 7) is 3.26. The monoisotopic (exact) mass is 251 g/mol. The zero-order valence-electron chi connectivity index (χ0n) is 9.84. The summed E-state index contributed by atoms with van der Waals surface area (Å²) < 4.78 is 0. The molecule has 1 saturated heterocycles. The van der Waals surface area contributed by atoms with Crippen molar-refractivity contribution in [2.75, 3.05) is 18.1 Å². The average Bonchev–Trinajstić information content (AvgIpc) is 2.70. The quantitative estimate of drug-likeness (QED) is 0.782. The van der Waals surface area contributed by atoms with Crippen LogP contribution in [0.5, 0.6) is 0 Å². The first-order chi connectivity index (χ1) is 8.13. The molecule has 0 bridgehead atoms. The summed E-state index contributed by atoms with van der Waals surface area (Å²) in [6, 6.07) is 3.95. The zero-order valence-corrected chi connectivity index (χ0v) is 10.7. The van der Waals surface area contributed by atoms with E-state index in [1.165, 1.54) is 0 Å². The van der Waals surface area contributed by atoms with Crippen LogP contribution in [0.15, 0.2) is 18.3 Å². The molecule has 1 aromatic rings. The van der Waals surface area contributed by atoms with Crippen LogP contribution in [0.4, 0.5) is 5.82 Å². The van der Waals surface area contributed by atoms with E-state index in [2.05, 4.69) is 16.8 Å². The van der Waals surface area contributed by atoms with E-state index in [9.17, 15) is 5.11 Å². The number of rotatable bonds is 3. The predicted molar refractivity (Wildman–Crippen MR) is 72.1 cm³/mol. The molecule has 1 aromatic heterocycles. The number of thiocarbonyl (C=S) groups is 1. The van der Waals surface area contributed by atoms with Gasteiger partial charge in [0.2, 0.25) is 0 Å². The Kier molecular flexibility index (Phi) is 3.59. The van der Waals surface area contributed by atoms with E-state index >= 15 is 0 Å². The number of aromatic nitrogens is 1. The largest absolute Gasteiger partial charge is 0.394 e. The molecule has 17 heavy (non-hydrogen) atoms. The molecule has 5 heteroatoms. The van der Waals surface area contributed by atoms with Gasteiger partial charge < -0.3 is 15.7 Å². The Labute approximate surface area is 106 Å². The second kappa shape index (κ2) is 4.98. The highest BCUT2D eigenvalue weighted by Gasteiger charge is 2.31. The van der Waals surface area contributed by atoms with Crippen molar-refractivity contribution in [3.63, 3.8) is 0 Å². The van der Waals surface area contributed by atoms with Crippen molar-refractivity contribution in [3.05, 3.63) is 23.9 Å². The molecule has 2 rings (SSSR count). The van der Waals surface area contributed by atoms with Crippen molar-refractivity contribution in [2.24, 2.45) is 11.7 Å². The lowest BCUT2D eigenvalue weighted by atomic mass is 10.0. The van der Waals surface area contributed by atoms with Crippen LogP contribution in [-0.4, -0.2) is 34.3 Å². The fourth-order valence-corrected chi connectivity index (χ4v) is 2.39. The Morgan fingerprint density at radius 3 is 2.94 bits per heavy atom. The molecule has 2 heterocycles. The molecule has 1 aliphatic heterocycles. The van der Waals surface area contributed by atoms with Gasteiger partial charge in [-0.3, -0.25) is 0 Å². The minimum absolute atomic E-state index is 0.165. The first kappa shape index (κ1) is 12.3. The van der Waals surface area contributed by atoms with Crippen molar-refractivity contribution in [1.29, 1.82) is 0 Å². The van der Waals surface area contributed by atoms with Crippen LogP contribution in [-0.2, 0) is 0 Å². The highest BCUT2D eigenvalue weighted by molar-refractivity contribution is 7.80. The fourth-order valence-electron chi connectivity index (χ4n) is 2.27. The molecule has 0 amide bonds. The molecule has 1 fully saturated rings. The van der Waals surface area contributed by atoms with E-state index in [0.29, 0.717) is 10.9 Å². The van der Waals surface area contributed by atoms with Gasteiger partial charge in [0, 0.05) is 18.3 Å². The molecule has 2 unspecified atom stereocenters. The minimum atomic E-state index is 0.165. The van der Waals surface area contributed by atoms with Crippen LogP contribution < -0.4 is 10.6 Å². The molecule has 0 aromatic carbocycles. The van der Waals surface area contributed by atoms with E-state index in [-0.39, 0.29) is 12.6 Å². The van der Waals surface area contributed by atoms with Gasteiger partial charge in [-0.25, -0.2) is 4.98 Å². The van der Waals surface area contributed by atoms with E-state index in [4.69, 9.17) is 18.0 Å². The SMILES string of the molecule is CC1CCN(c2ccc(C(N)=S)cn2)C1CO. The summed E-state index contributed by atoms with van der Waals surface area (Å²) in [6.07, 6.45) is 2.78. The Bertz CT molecular complexity index is 407. The molecule has 0 aliphatic carbocycles. The van der Waals surface area contributed by atoms with Crippen LogP contribution in [0.1, 0.15) is 18.9 Å². The second-order valence-corrected chi connectivity index (χ2v) is 4.92. The fraction of sp³-hybridized carbons (Fsp3) is 0.500. The molecule has 0 spiro atoms. The average molecular weight is 251 g/mol. The van der Waals surface area contributed by atoms with Crippen molar-refractivity contribution in [3.8, 4) is 0 Å². The van der Waals surface area contributed by atoms with Crippen molar-refractivity contribution >= 4 is 23.0 Å². The number of hydrogen-bond acceptors (Lipinski definition) is 4. The lowest BCUT2D eigenvalue weighted by Crippen LogP contribution is -2.35. The van der Waals surface area contributed by atoms with Crippen LogP contribution in [0, 0.1) is 5.92 Å². The number of pyridine rings is 1. The maximum absolute atomic E-state index is 9.40. The van der Waals surface area contributed by atoms with Gasteiger partial charge >= 0.3 is 0 Å². The third kappa shape index (κ3) is 2.40. The van der Waals surface area contributed by atoms with Gasteiger partial charge in [-0.2, -0.15) is 0 Å². The Morgan fingerprint density at radius 2 is 2.41 bits per heavy atom. The third-order valence-electron chi connectivity index (χ3n) is 3.40. The summed E-state index contributed by atoms with van der Waals surface area (Å²) >= 11 is 4.89. The van der Waals surface area contributed by atoms with Crippen LogP contribution in [0.3, 0.4) is 0 Å². The molecule has 0 radical (unpaired) electrons. The first-order valence-corrected chi connectivity index (χ1v) is 6.17. The molecule has 1 aliphatic rings. The highest BCUT2D eigenvalue weighted by atomic mass is 32.1. The molecule has 3 N–H and O–H groups in total. The second-order valence-electron chi connectivity index (χ2n) is 4.48. The van der Waals surface area contributed by atoms with Crippen molar-refractivity contribution in [2.45, 2.75) is 19.4 Å². The summed E-state index contributed by atoms with van der Waals surface area (Å²) in [5.41, 5.74) is 6.31. The van der Waals surface area contributed by atoms with Gasteiger partial charge in [-0.1, -0.05) is 19.1 Å². The highest BCUT2D eigenvalue weighted by Crippen LogP contribution is 2.27. The minimum Gasteiger partial charge on any atom is -0.394 e. The number of anilines is 1. The third-order valence-corrected chi connectivity index (χ3v) is 3.63. The van der Waals surface area contributed by atoms with E-state index in [1.807, 2.05) is 12.1 Å². The van der Waals surface area contributed by atoms with Gasteiger partial charge in [-0.05, 0) is 24.5 Å². The number of hydrogen-bond donors (Lipinski definition) is 2. The van der Waals surface area contributed by atoms with Crippen molar-refractivity contribution in [1.82, 2.24) is 4.98 Å². The first-order valence-electron chi connectivity index (χ1n) is 5.77. The Hall–Kier alpha value is -1.20. The Morgan fingerprint density at radius 1 is 1.65 bits per heavy atom. The topological polar surface area (TPSA) is 62.4 Å². The molecule has 2 atom stereocenters. The number of nitrogens with two attached hydrogens (primary N) is 1. The van der Waals surface area contributed by atoms with Crippen LogP contribution in [0.2, 0.25) is 0 Å². The maximum atomic E-state index is 9.40. The number of aliphatic hydroxyl groups is 1. The van der Waals surface area contributed by atoms with E-state index < -0.39 is 0 Å². The molecular formula is C12H17N3OS. The normalized spacial score (nSPS) is 24.0. The predicted octanol–water partition coefficient (Wildman–Crippen LogP) is 0.923. The van der Waals surface area contributed by atoms with Gasteiger partial charge in [0.25, 0.3) is 0 Å². The number of aliphatic hydroxyl groups excluding tert-OH is 1. The molecule has 0 saturated carbocycles. The van der Waals surface area contributed by atoms with Crippen LogP contribution in [0.25, 0.3) is 0 Å². The molecule has 92 valence electrons. The lowest BCUT2D eigenvalue weighted by Gasteiger charge is -2.26. The van der Waals surface area contributed by atoms with E-state index in [0.717, 1.165) is 24.3 Å². The zero-order chi connectivity index (χ0) is 12.4. The van der Waals surface area contributed by atoms with Gasteiger partial charge in [-0.15, -0.1) is 0 Å². The summed E-state index contributed by atoms with van der Waals surface area (Å²) in [7, 11) is 0. The van der Waals surface area contributed by atoms with Gasteiger partial charge in [0.15, 0.2) is 0 Å². The van der Waals surface area contributed by atoms with E-state index in [1.54, 1.807) is 6.20 Å². The molecule has 4 nitrogen and oxygen atoms in total. The van der Waals surface area contributed by atoms with Crippen LogP contribution >= 0.6 is 12.2 Å². The standard InChI is InChI=1S/C12H17N3OS/c1-8-4-5-15(10(8)7-16)11-3-2-9(6-14-11)12(13)17/h2-3,6,8,10,16H,4-5,7H2,1H3,(H2,13,17). The summed E-state index contributed by atoms with van der Waals surface area (Å²) in [4.78, 5) is 6.87. The van der Waals surface area contributed by atoms with Crippen molar-refractivity contribution < 1.29 is 5.11 Å². The maximum Gasteiger partial charge on any atom is 0.128 e. The summed E-state index contributed by atoms with van der Waals surface area (Å²) in [5, 5.41) is 9.40. The summed E-state index contributed by atoms with van der Waals surface area (Å²) in [5.74, 6) is 1.38. The number of nitrogens with zero attached hydrogens (tertiary/aromatic N) is 2. The Balaban J connectivity index is 2.20.